The summed E-state index contributed by atoms with van der Waals surface area (Å²) in [6.45, 7) is 2.55. The molecule has 0 atom stereocenters. The molecule has 0 unspecified atom stereocenters. The van der Waals surface area contributed by atoms with E-state index in [1.54, 1.807) is 0 Å². The van der Waals surface area contributed by atoms with E-state index in [1.807, 2.05) is 60.8 Å². The van der Waals surface area contributed by atoms with Crippen molar-refractivity contribution in [2.45, 2.75) is 11.3 Å². The first-order valence-electron chi connectivity index (χ1n) is 8.01. The Morgan fingerprint density at radius 2 is 1.92 bits per heavy atom. The molecule has 2 aromatic carbocycles. The molecule has 3 aromatic rings. The molecule has 26 heavy (non-hydrogen) atoms. The van der Waals surface area contributed by atoms with Crippen LogP contribution in [0.4, 0.5) is 5.69 Å². The third-order valence-corrected chi connectivity index (χ3v) is 5.67. The van der Waals surface area contributed by atoms with Gasteiger partial charge < -0.3 is 10.1 Å². The van der Waals surface area contributed by atoms with E-state index in [2.05, 4.69) is 10.3 Å². The lowest BCUT2D eigenvalue weighted by Gasteiger charge is -2.06. The zero-order chi connectivity index (χ0) is 18.4. The maximum absolute atomic E-state index is 12.1. The van der Waals surface area contributed by atoms with Gasteiger partial charge in [-0.05, 0) is 43.3 Å². The molecule has 0 aliphatic heterocycles. The summed E-state index contributed by atoms with van der Waals surface area (Å²) < 4.78 is 6.24. The van der Waals surface area contributed by atoms with Crippen LogP contribution in [0.15, 0.2) is 58.3 Å². The molecular formula is C19H17ClN2O2S2. The Balaban J connectivity index is 1.52. The summed E-state index contributed by atoms with van der Waals surface area (Å²) in [5.74, 6) is 1.03. The average molecular weight is 405 g/mol. The molecule has 1 N–H and O–H groups in total. The molecule has 0 aliphatic carbocycles. The van der Waals surface area contributed by atoms with Gasteiger partial charge in [-0.3, -0.25) is 4.79 Å². The van der Waals surface area contributed by atoms with Crippen molar-refractivity contribution in [3.05, 3.63) is 58.9 Å². The normalized spacial score (nSPS) is 10.5. The lowest BCUT2D eigenvalue weighted by molar-refractivity contribution is -0.113. The predicted octanol–water partition coefficient (Wildman–Crippen LogP) is 5.59. The van der Waals surface area contributed by atoms with Gasteiger partial charge in [0, 0.05) is 21.7 Å². The highest BCUT2D eigenvalue weighted by Crippen LogP contribution is 2.29. The second kappa shape index (κ2) is 9.07. The minimum atomic E-state index is -0.0672. The maximum Gasteiger partial charge on any atom is 0.234 e. The number of nitrogens with one attached hydrogen (secondary N) is 1. The molecule has 0 spiro atoms. The lowest BCUT2D eigenvalue weighted by Crippen LogP contribution is -2.13. The van der Waals surface area contributed by atoms with Crippen LogP contribution < -0.4 is 10.1 Å². The van der Waals surface area contributed by atoms with Crippen LogP contribution in [0.3, 0.4) is 0 Å². The van der Waals surface area contributed by atoms with Crippen molar-refractivity contribution in [2.24, 2.45) is 0 Å². The van der Waals surface area contributed by atoms with Gasteiger partial charge in [0.1, 0.15) is 5.75 Å². The number of nitrogens with zero attached hydrogens (tertiary/aromatic N) is 1. The van der Waals surface area contributed by atoms with Crippen molar-refractivity contribution in [1.29, 1.82) is 0 Å². The Morgan fingerprint density at radius 1 is 1.19 bits per heavy atom. The molecule has 1 aromatic heterocycles. The van der Waals surface area contributed by atoms with Crippen molar-refractivity contribution in [3.63, 3.8) is 0 Å². The fourth-order valence-electron chi connectivity index (χ4n) is 2.20. The number of thioether (sulfide) groups is 1. The van der Waals surface area contributed by atoms with E-state index in [0.717, 1.165) is 27.0 Å². The number of carbonyl (C=O) groups excluding carboxylic acids is 1. The summed E-state index contributed by atoms with van der Waals surface area (Å²) in [5, 5.41) is 5.55. The van der Waals surface area contributed by atoms with Gasteiger partial charge in [-0.25, -0.2) is 4.98 Å². The summed E-state index contributed by atoms with van der Waals surface area (Å²) >= 11 is 8.86. The SMILES string of the molecule is CCOc1ccc(NC(=O)CSc2nc(-c3ccc(Cl)cc3)cs2)cc1. The third kappa shape index (κ3) is 5.24. The Labute approximate surface area is 165 Å². The number of ether oxygens (including phenoxy) is 1. The van der Waals surface area contributed by atoms with Crippen molar-refractivity contribution >= 4 is 46.3 Å². The predicted molar refractivity (Wildman–Crippen MR) is 110 cm³/mol. The van der Waals surface area contributed by atoms with Crippen LogP contribution >= 0.6 is 34.7 Å². The quantitative estimate of drug-likeness (QED) is 0.521. The molecule has 7 heteroatoms. The summed E-state index contributed by atoms with van der Waals surface area (Å²) in [5.41, 5.74) is 2.65. The van der Waals surface area contributed by atoms with Crippen LogP contribution in [-0.2, 0) is 4.79 Å². The molecule has 0 radical (unpaired) electrons. The number of hydrogen-bond acceptors (Lipinski definition) is 5. The van der Waals surface area contributed by atoms with Crippen LogP contribution in [-0.4, -0.2) is 23.3 Å². The number of amides is 1. The number of thiazole rings is 1. The summed E-state index contributed by atoms with van der Waals surface area (Å²) in [7, 11) is 0. The average Bonchev–Trinajstić information content (AvgIpc) is 3.11. The van der Waals surface area contributed by atoms with Gasteiger partial charge in [0.15, 0.2) is 4.34 Å². The molecule has 0 bridgehead atoms. The molecule has 1 heterocycles. The van der Waals surface area contributed by atoms with E-state index in [9.17, 15) is 4.79 Å². The highest BCUT2D eigenvalue weighted by molar-refractivity contribution is 8.01. The van der Waals surface area contributed by atoms with Crippen molar-refractivity contribution < 1.29 is 9.53 Å². The molecule has 0 aliphatic rings. The third-order valence-electron chi connectivity index (χ3n) is 3.40. The number of aromatic nitrogens is 1. The fraction of sp³-hybridized carbons (Fsp3) is 0.158. The number of rotatable bonds is 7. The Kier molecular flexibility index (Phi) is 6.55. The van der Waals surface area contributed by atoms with E-state index in [-0.39, 0.29) is 5.91 Å². The molecule has 4 nitrogen and oxygen atoms in total. The molecule has 0 saturated heterocycles. The van der Waals surface area contributed by atoms with Crippen molar-refractivity contribution in [3.8, 4) is 17.0 Å². The molecule has 0 saturated carbocycles. The largest absolute Gasteiger partial charge is 0.494 e. The summed E-state index contributed by atoms with van der Waals surface area (Å²) in [4.78, 5) is 16.7. The monoisotopic (exact) mass is 404 g/mol. The Hall–Kier alpha value is -2.02. The molecule has 0 fully saturated rings. The lowest BCUT2D eigenvalue weighted by atomic mass is 10.2. The second-order valence-electron chi connectivity index (χ2n) is 5.30. The number of halogens is 1. The first-order chi connectivity index (χ1) is 12.6. The highest BCUT2D eigenvalue weighted by Gasteiger charge is 2.09. The minimum absolute atomic E-state index is 0.0672. The van der Waals surface area contributed by atoms with Crippen LogP contribution in [0.1, 0.15) is 6.92 Å². The molecule has 134 valence electrons. The van der Waals surface area contributed by atoms with E-state index in [4.69, 9.17) is 16.3 Å². The number of carbonyl (C=O) groups is 1. The first kappa shape index (κ1) is 18.8. The fourth-order valence-corrected chi connectivity index (χ4v) is 3.96. The van der Waals surface area contributed by atoms with Crippen LogP contribution in [0.2, 0.25) is 5.02 Å². The van der Waals surface area contributed by atoms with Crippen LogP contribution in [0.25, 0.3) is 11.3 Å². The molecule has 1 amide bonds. The minimum Gasteiger partial charge on any atom is -0.494 e. The topological polar surface area (TPSA) is 51.2 Å². The van der Waals surface area contributed by atoms with Gasteiger partial charge in [0.2, 0.25) is 5.91 Å². The highest BCUT2D eigenvalue weighted by atomic mass is 35.5. The van der Waals surface area contributed by atoms with Crippen molar-refractivity contribution in [2.75, 3.05) is 17.7 Å². The van der Waals surface area contributed by atoms with Gasteiger partial charge in [-0.2, -0.15) is 0 Å². The molecular weight excluding hydrogens is 388 g/mol. The Morgan fingerprint density at radius 3 is 2.62 bits per heavy atom. The van der Waals surface area contributed by atoms with E-state index in [1.165, 1.54) is 23.1 Å². The smallest absolute Gasteiger partial charge is 0.234 e. The number of hydrogen-bond donors (Lipinski definition) is 1. The van der Waals surface area contributed by atoms with E-state index in [0.29, 0.717) is 17.4 Å². The summed E-state index contributed by atoms with van der Waals surface area (Å²) in [6.07, 6.45) is 0. The van der Waals surface area contributed by atoms with Gasteiger partial charge in [0.25, 0.3) is 0 Å². The van der Waals surface area contributed by atoms with Gasteiger partial charge in [-0.15, -0.1) is 11.3 Å². The van der Waals surface area contributed by atoms with Crippen LogP contribution in [0.5, 0.6) is 5.75 Å². The molecule has 3 rings (SSSR count). The zero-order valence-electron chi connectivity index (χ0n) is 14.1. The maximum atomic E-state index is 12.1. The zero-order valence-corrected chi connectivity index (χ0v) is 16.5. The summed E-state index contributed by atoms with van der Waals surface area (Å²) in [6, 6.07) is 14.9. The standard InChI is InChI=1S/C19H17ClN2O2S2/c1-2-24-16-9-7-15(8-10-16)21-18(23)12-26-19-22-17(11-25-19)13-3-5-14(20)6-4-13/h3-11H,2,12H2,1H3,(H,21,23). The second-order valence-corrected chi connectivity index (χ2v) is 7.82. The first-order valence-corrected chi connectivity index (χ1v) is 10.3. The Bertz CT molecular complexity index is 864. The number of benzene rings is 2. The van der Waals surface area contributed by atoms with E-state index >= 15 is 0 Å². The van der Waals surface area contributed by atoms with Gasteiger partial charge in [-0.1, -0.05) is 35.5 Å². The van der Waals surface area contributed by atoms with Gasteiger partial charge >= 0.3 is 0 Å². The van der Waals surface area contributed by atoms with Crippen molar-refractivity contribution in [1.82, 2.24) is 4.98 Å². The van der Waals surface area contributed by atoms with Gasteiger partial charge in [0.05, 0.1) is 18.1 Å². The van der Waals surface area contributed by atoms with E-state index < -0.39 is 0 Å². The van der Waals surface area contributed by atoms with Crippen LogP contribution in [0, 0.1) is 0 Å². The number of anilines is 1.